The standard InChI is InChI=1S/C15H26N2O2S/c1-4-6-7-11-17(3)20(18,19)15-10-8-9-14(12-15)13-16-5-2/h8-10,12,16H,4-7,11,13H2,1-3H3. The Balaban J connectivity index is 2.80. The number of unbranched alkanes of at least 4 members (excludes halogenated alkanes) is 2. The highest BCUT2D eigenvalue weighted by atomic mass is 32.2. The third-order valence-electron chi connectivity index (χ3n) is 3.26. The molecule has 0 unspecified atom stereocenters. The molecule has 0 radical (unpaired) electrons. The van der Waals surface area contributed by atoms with Crippen molar-refractivity contribution in [3.63, 3.8) is 0 Å². The molecule has 0 aromatic heterocycles. The van der Waals surface area contributed by atoms with Crippen molar-refractivity contribution in [3.8, 4) is 0 Å². The van der Waals surface area contributed by atoms with Crippen LogP contribution in [0.1, 0.15) is 38.7 Å². The summed E-state index contributed by atoms with van der Waals surface area (Å²) in [5.74, 6) is 0. The van der Waals surface area contributed by atoms with Gasteiger partial charge in [0.2, 0.25) is 10.0 Å². The smallest absolute Gasteiger partial charge is 0.242 e. The molecular weight excluding hydrogens is 272 g/mol. The summed E-state index contributed by atoms with van der Waals surface area (Å²) in [4.78, 5) is 0.381. The minimum absolute atomic E-state index is 0.381. The molecule has 1 aromatic rings. The molecular formula is C15H26N2O2S. The highest BCUT2D eigenvalue weighted by Gasteiger charge is 2.20. The summed E-state index contributed by atoms with van der Waals surface area (Å²) in [7, 11) is -1.71. The summed E-state index contributed by atoms with van der Waals surface area (Å²) in [5, 5.41) is 3.21. The molecule has 5 heteroatoms. The van der Waals surface area contributed by atoms with E-state index in [-0.39, 0.29) is 0 Å². The van der Waals surface area contributed by atoms with E-state index in [4.69, 9.17) is 0 Å². The molecule has 20 heavy (non-hydrogen) atoms. The Bertz CT molecular complexity index is 500. The first kappa shape index (κ1) is 17.1. The number of sulfonamides is 1. The number of hydrogen-bond acceptors (Lipinski definition) is 3. The van der Waals surface area contributed by atoms with Crippen LogP contribution in [0.3, 0.4) is 0 Å². The first-order valence-corrected chi connectivity index (χ1v) is 8.72. The average molecular weight is 298 g/mol. The van der Waals surface area contributed by atoms with Gasteiger partial charge in [0, 0.05) is 20.1 Å². The predicted molar refractivity (Wildman–Crippen MR) is 83.2 cm³/mol. The third kappa shape index (κ3) is 4.89. The molecule has 0 bridgehead atoms. The van der Waals surface area contributed by atoms with Crippen LogP contribution in [0.5, 0.6) is 0 Å². The largest absolute Gasteiger partial charge is 0.313 e. The number of benzene rings is 1. The van der Waals surface area contributed by atoms with Crippen molar-refractivity contribution >= 4 is 10.0 Å². The van der Waals surface area contributed by atoms with Crippen LogP contribution >= 0.6 is 0 Å². The highest BCUT2D eigenvalue weighted by molar-refractivity contribution is 7.89. The zero-order valence-electron chi connectivity index (χ0n) is 12.7. The highest BCUT2D eigenvalue weighted by Crippen LogP contribution is 2.16. The van der Waals surface area contributed by atoms with Crippen molar-refractivity contribution in [3.05, 3.63) is 29.8 Å². The Morgan fingerprint density at radius 2 is 1.95 bits per heavy atom. The molecule has 1 aromatic carbocycles. The molecule has 114 valence electrons. The average Bonchev–Trinajstić information content (AvgIpc) is 2.45. The topological polar surface area (TPSA) is 49.4 Å². The lowest BCUT2D eigenvalue weighted by atomic mass is 10.2. The number of nitrogens with one attached hydrogen (secondary N) is 1. The second kappa shape index (κ2) is 8.39. The van der Waals surface area contributed by atoms with Gasteiger partial charge in [-0.1, -0.05) is 38.8 Å². The third-order valence-corrected chi connectivity index (χ3v) is 5.12. The molecule has 1 N–H and O–H groups in total. The van der Waals surface area contributed by atoms with Gasteiger partial charge in [-0.15, -0.1) is 0 Å². The van der Waals surface area contributed by atoms with Gasteiger partial charge in [0.1, 0.15) is 0 Å². The van der Waals surface area contributed by atoms with Crippen LogP contribution in [0.2, 0.25) is 0 Å². The first-order valence-electron chi connectivity index (χ1n) is 7.28. The summed E-state index contributed by atoms with van der Waals surface area (Å²) in [6.07, 6.45) is 3.05. The summed E-state index contributed by atoms with van der Waals surface area (Å²) >= 11 is 0. The summed E-state index contributed by atoms with van der Waals surface area (Å²) < 4.78 is 26.4. The summed E-state index contributed by atoms with van der Waals surface area (Å²) in [6.45, 7) is 6.28. The van der Waals surface area contributed by atoms with Gasteiger partial charge in [-0.3, -0.25) is 0 Å². The lowest BCUT2D eigenvalue weighted by molar-refractivity contribution is 0.454. The molecule has 0 spiro atoms. The van der Waals surface area contributed by atoms with Crippen LogP contribution in [0.15, 0.2) is 29.2 Å². The van der Waals surface area contributed by atoms with Gasteiger partial charge < -0.3 is 5.32 Å². The molecule has 0 aliphatic rings. The molecule has 1 rings (SSSR count). The van der Waals surface area contributed by atoms with Crippen LogP contribution < -0.4 is 5.32 Å². The molecule has 0 fully saturated rings. The van der Waals surface area contributed by atoms with Crippen LogP contribution in [0, 0.1) is 0 Å². The van der Waals surface area contributed by atoms with E-state index in [1.807, 2.05) is 13.0 Å². The van der Waals surface area contributed by atoms with Crippen LogP contribution in [0.4, 0.5) is 0 Å². The van der Waals surface area contributed by atoms with Crippen LogP contribution in [-0.4, -0.2) is 32.9 Å². The number of rotatable bonds is 9. The number of hydrogen-bond donors (Lipinski definition) is 1. The van der Waals surface area contributed by atoms with E-state index < -0.39 is 10.0 Å². The molecule has 0 atom stereocenters. The minimum Gasteiger partial charge on any atom is -0.313 e. The van der Waals surface area contributed by atoms with E-state index in [1.165, 1.54) is 4.31 Å². The van der Waals surface area contributed by atoms with Crippen molar-refractivity contribution in [2.24, 2.45) is 0 Å². The quantitative estimate of drug-likeness (QED) is 0.713. The maximum absolute atomic E-state index is 12.5. The predicted octanol–water partition coefficient (Wildman–Crippen LogP) is 2.61. The number of nitrogens with zero attached hydrogens (tertiary/aromatic N) is 1. The summed E-state index contributed by atoms with van der Waals surface area (Å²) in [5.41, 5.74) is 0.995. The van der Waals surface area contributed by atoms with Crippen molar-refractivity contribution in [1.82, 2.24) is 9.62 Å². The van der Waals surface area contributed by atoms with Gasteiger partial charge >= 0.3 is 0 Å². The normalized spacial score (nSPS) is 12.0. The SMILES string of the molecule is CCCCCN(C)S(=O)(=O)c1cccc(CNCC)c1. The van der Waals surface area contributed by atoms with E-state index >= 15 is 0 Å². The summed E-state index contributed by atoms with van der Waals surface area (Å²) in [6, 6.07) is 7.17. The monoisotopic (exact) mass is 298 g/mol. The van der Waals surface area contributed by atoms with E-state index in [1.54, 1.807) is 25.2 Å². The molecule has 0 heterocycles. The van der Waals surface area contributed by atoms with E-state index in [2.05, 4.69) is 12.2 Å². The van der Waals surface area contributed by atoms with Gasteiger partial charge in [0.05, 0.1) is 4.90 Å². The van der Waals surface area contributed by atoms with Gasteiger partial charge in [-0.2, -0.15) is 0 Å². The molecule has 0 saturated carbocycles. The molecule has 0 aliphatic carbocycles. The Hall–Kier alpha value is -0.910. The Morgan fingerprint density at radius 1 is 1.20 bits per heavy atom. The van der Waals surface area contributed by atoms with Crippen molar-refractivity contribution < 1.29 is 8.42 Å². The lowest BCUT2D eigenvalue weighted by Gasteiger charge is -2.17. The molecule has 0 saturated heterocycles. The van der Waals surface area contributed by atoms with Gasteiger partial charge in [0.15, 0.2) is 0 Å². The zero-order chi connectivity index (χ0) is 15.0. The van der Waals surface area contributed by atoms with E-state index in [0.29, 0.717) is 18.0 Å². The second-order valence-electron chi connectivity index (χ2n) is 4.96. The molecule has 0 amide bonds. The van der Waals surface area contributed by atoms with Crippen molar-refractivity contribution in [1.29, 1.82) is 0 Å². The van der Waals surface area contributed by atoms with Crippen molar-refractivity contribution in [2.45, 2.75) is 44.6 Å². The Morgan fingerprint density at radius 3 is 2.60 bits per heavy atom. The van der Waals surface area contributed by atoms with Crippen LogP contribution in [0.25, 0.3) is 0 Å². The fraction of sp³-hybridized carbons (Fsp3) is 0.600. The first-order chi connectivity index (χ1) is 9.52. The van der Waals surface area contributed by atoms with E-state index in [9.17, 15) is 8.42 Å². The van der Waals surface area contributed by atoms with Gasteiger partial charge in [0.25, 0.3) is 0 Å². The van der Waals surface area contributed by atoms with Gasteiger partial charge in [-0.05, 0) is 30.7 Å². The maximum Gasteiger partial charge on any atom is 0.242 e. The van der Waals surface area contributed by atoms with Crippen LogP contribution in [-0.2, 0) is 16.6 Å². The fourth-order valence-electron chi connectivity index (χ4n) is 1.97. The fourth-order valence-corrected chi connectivity index (χ4v) is 3.25. The van der Waals surface area contributed by atoms with E-state index in [0.717, 1.165) is 31.4 Å². The zero-order valence-corrected chi connectivity index (χ0v) is 13.5. The molecule has 0 aliphatic heterocycles. The molecule has 4 nitrogen and oxygen atoms in total. The Kier molecular flexibility index (Phi) is 7.19. The lowest BCUT2D eigenvalue weighted by Crippen LogP contribution is -2.28. The minimum atomic E-state index is -3.36. The Labute approximate surface area is 123 Å². The second-order valence-corrected chi connectivity index (χ2v) is 7.01. The maximum atomic E-state index is 12.5. The van der Waals surface area contributed by atoms with Crippen molar-refractivity contribution in [2.75, 3.05) is 20.1 Å². The van der Waals surface area contributed by atoms with Gasteiger partial charge in [-0.25, -0.2) is 12.7 Å².